The number of aliphatic hydroxyl groups is 1. The van der Waals surface area contributed by atoms with Crippen LogP contribution in [0.15, 0.2) is 24.3 Å². The Hall–Kier alpha value is -1.06. The summed E-state index contributed by atoms with van der Waals surface area (Å²) in [5.41, 5.74) is 2.29. The van der Waals surface area contributed by atoms with Gasteiger partial charge in [0.2, 0.25) is 0 Å². The van der Waals surface area contributed by atoms with E-state index in [9.17, 15) is 5.11 Å². The van der Waals surface area contributed by atoms with E-state index in [1.807, 2.05) is 12.1 Å². The minimum absolute atomic E-state index is 0.112. The fourth-order valence-electron chi connectivity index (χ4n) is 1.84. The maximum Gasteiger partial charge on any atom is 0.0974 e. The predicted molar refractivity (Wildman–Crippen MR) is 60.0 cm³/mol. The highest BCUT2D eigenvalue weighted by Gasteiger charge is 2.23. The number of nitrogens with one attached hydrogen (secondary N) is 1. The first-order chi connectivity index (χ1) is 7.25. The summed E-state index contributed by atoms with van der Waals surface area (Å²) in [6.07, 6.45) is 0.453. The summed E-state index contributed by atoms with van der Waals surface area (Å²) in [5, 5.41) is 13.1. The number of aliphatic hydroxyl groups excluding tert-OH is 1. The zero-order valence-electron chi connectivity index (χ0n) is 8.94. The van der Waals surface area contributed by atoms with E-state index >= 15 is 0 Å². The van der Waals surface area contributed by atoms with Crippen molar-refractivity contribution >= 4 is 5.69 Å². The highest BCUT2D eigenvalue weighted by molar-refractivity contribution is 5.46. The van der Waals surface area contributed by atoms with Crippen molar-refractivity contribution in [1.29, 1.82) is 0 Å². The molecule has 1 aromatic carbocycles. The Morgan fingerprint density at radius 1 is 1.47 bits per heavy atom. The largest absolute Gasteiger partial charge is 0.389 e. The van der Waals surface area contributed by atoms with Gasteiger partial charge in [-0.25, -0.2) is 0 Å². The van der Waals surface area contributed by atoms with Gasteiger partial charge in [-0.15, -0.1) is 0 Å². The molecule has 3 heteroatoms. The van der Waals surface area contributed by atoms with Gasteiger partial charge in [-0.1, -0.05) is 12.1 Å². The monoisotopic (exact) mass is 207 g/mol. The van der Waals surface area contributed by atoms with Crippen molar-refractivity contribution in [3.63, 3.8) is 0 Å². The first-order valence-corrected chi connectivity index (χ1v) is 5.35. The quantitative estimate of drug-likeness (QED) is 0.773. The van der Waals surface area contributed by atoms with Crippen LogP contribution in [-0.4, -0.2) is 30.5 Å². The number of rotatable bonds is 2. The third-order valence-corrected chi connectivity index (χ3v) is 2.70. The van der Waals surface area contributed by atoms with E-state index < -0.39 is 6.10 Å². The van der Waals surface area contributed by atoms with Gasteiger partial charge in [0.25, 0.3) is 0 Å². The molecule has 1 aliphatic rings. The molecule has 82 valence electrons. The van der Waals surface area contributed by atoms with Crippen LogP contribution in [0.5, 0.6) is 0 Å². The van der Waals surface area contributed by atoms with Gasteiger partial charge >= 0.3 is 0 Å². The van der Waals surface area contributed by atoms with Crippen LogP contribution in [0, 0.1) is 6.92 Å². The lowest BCUT2D eigenvalue weighted by Gasteiger charge is -2.29. The molecule has 15 heavy (non-hydrogen) atoms. The lowest BCUT2D eigenvalue weighted by Crippen LogP contribution is -2.41. The zero-order valence-corrected chi connectivity index (χ0v) is 8.94. The van der Waals surface area contributed by atoms with Crippen molar-refractivity contribution in [2.45, 2.75) is 25.5 Å². The van der Waals surface area contributed by atoms with Crippen LogP contribution in [0.25, 0.3) is 0 Å². The molecule has 2 rings (SSSR count). The van der Waals surface area contributed by atoms with Crippen LogP contribution < -0.4 is 5.32 Å². The number of aryl methyl sites for hydroxylation is 1. The Morgan fingerprint density at radius 3 is 3.07 bits per heavy atom. The van der Waals surface area contributed by atoms with E-state index in [1.54, 1.807) is 0 Å². The van der Waals surface area contributed by atoms with Crippen molar-refractivity contribution in [3.05, 3.63) is 29.8 Å². The summed E-state index contributed by atoms with van der Waals surface area (Å²) < 4.78 is 5.18. The van der Waals surface area contributed by atoms with Crippen molar-refractivity contribution in [2.24, 2.45) is 0 Å². The molecule has 1 aromatic rings. The lowest BCUT2D eigenvalue weighted by atomic mass is 10.1. The van der Waals surface area contributed by atoms with Gasteiger partial charge in [-0.05, 0) is 31.0 Å². The third-order valence-electron chi connectivity index (χ3n) is 2.70. The van der Waals surface area contributed by atoms with Crippen LogP contribution in [0.3, 0.4) is 0 Å². The average Bonchev–Trinajstić information content (AvgIpc) is 2.22. The number of anilines is 1. The van der Waals surface area contributed by atoms with Crippen LogP contribution in [0.4, 0.5) is 5.69 Å². The van der Waals surface area contributed by atoms with E-state index in [0.717, 1.165) is 18.7 Å². The summed E-state index contributed by atoms with van der Waals surface area (Å²) in [6, 6.07) is 8.30. The Bertz CT molecular complexity index is 327. The summed E-state index contributed by atoms with van der Waals surface area (Å²) in [4.78, 5) is 0. The van der Waals surface area contributed by atoms with E-state index in [2.05, 4.69) is 24.4 Å². The molecule has 1 aliphatic heterocycles. The van der Waals surface area contributed by atoms with Crippen LogP contribution in [-0.2, 0) is 4.74 Å². The molecule has 2 unspecified atom stereocenters. The molecular weight excluding hydrogens is 190 g/mol. The van der Waals surface area contributed by atoms with Gasteiger partial charge in [0, 0.05) is 12.3 Å². The fraction of sp³-hybridized carbons (Fsp3) is 0.500. The second-order valence-electron chi connectivity index (χ2n) is 4.05. The standard InChI is InChI=1S/C12H17NO2/c1-9-3-2-4-10(7-9)13-11-5-6-15-8-12(11)14/h2-4,7,11-14H,5-6,8H2,1H3. The van der Waals surface area contributed by atoms with E-state index in [0.29, 0.717) is 6.61 Å². The summed E-state index contributed by atoms with van der Waals surface area (Å²) >= 11 is 0. The number of hydrogen-bond donors (Lipinski definition) is 2. The van der Waals surface area contributed by atoms with Gasteiger partial charge in [-0.3, -0.25) is 0 Å². The minimum Gasteiger partial charge on any atom is -0.389 e. The summed E-state index contributed by atoms with van der Waals surface area (Å²) in [6.45, 7) is 3.22. The minimum atomic E-state index is -0.403. The van der Waals surface area contributed by atoms with Gasteiger partial charge in [0.05, 0.1) is 18.8 Å². The van der Waals surface area contributed by atoms with Crippen LogP contribution in [0.2, 0.25) is 0 Å². The third kappa shape index (κ3) is 2.70. The van der Waals surface area contributed by atoms with E-state index in [1.165, 1.54) is 5.56 Å². The van der Waals surface area contributed by atoms with Crippen molar-refractivity contribution in [3.8, 4) is 0 Å². The van der Waals surface area contributed by atoms with Gasteiger partial charge in [0.1, 0.15) is 0 Å². The van der Waals surface area contributed by atoms with Crippen molar-refractivity contribution in [2.75, 3.05) is 18.5 Å². The number of benzene rings is 1. The molecule has 0 radical (unpaired) electrons. The summed E-state index contributed by atoms with van der Waals surface area (Å²) in [5.74, 6) is 0. The topological polar surface area (TPSA) is 41.5 Å². The molecule has 0 aliphatic carbocycles. The Balaban J connectivity index is 2.01. The van der Waals surface area contributed by atoms with Gasteiger partial charge in [0.15, 0.2) is 0 Å². The highest BCUT2D eigenvalue weighted by Crippen LogP contribution is 2.16. The highest BCUT2D eigenvalue weighted by atomic mass is 16.5. The maximum absolute atomic E-state index is 9.71. The maximum atomic E-state index is 9.71. The Labute approximate surface area is 90.1 Å². The average molecular weight is 207 g/mol. The van der Waals surface area contributed by atoms with Crippen molar-refractivity contribution in [1.82, 2.24) is 0 Å². The van der Waals surface area contributed by atoms with Gasteiger partial charge in [-0.2, -0.15) is 0 Å². The normalized spacial score (nSPS) is 26.3. The Kier molecular flexibility index (Phi) is 3.23. The molecule has 0 aromatic heterocycles. The molecule has 1 heterocycles. The molecule has 0 spiro atoms. The smallest absolute Gasteiger partial charge is 0.0974 e. The second kappa shape index (κ2) is 4.64. The first-order valence-electron chi connectivity index (χ1n) is 5.35. The molecule has 0 bridgehead atoms. The SMILES string of the molecule is Cc1cccc(NC2CCOCC2O)c1. The first kappa shape index (κ1) is 10.5. The molecule has 1 saturated heterocycles. The van der Waals surface area contributed by atoms with Crippen molar-refractivity contribution < 1.29 is 9.84 Å². The molecule has 1 fully saturated rings. The summed E-state index contributed by atoms with van der Waals surface area (Å²) in [7, 11) is 0. The molecule has 0 saturated carbocycles. The number of hydrogen-bond acceptors (Lipinski definition) is 3. The van der Waals surface area contributed by atoms with Crippen LogP contribution in [0.1, 0.15) is 12.0 Å². The molecule has 0 amide bonds. The molecule has 3 nitrogen and oxygen atoms in total. The lowest BCUT2D eigenvalue weighted by molar-refractivity contribution is -0.0134. The van der Waals surface area contributed by atoms with E-state index in [-0.39, 0.29) is 6.04 Å². The van der Waals surface area contributed by atoms with Crippen LogP contribution >= 0.6 is 0 Å². The number of ether oxygens (including phenoxy) is 1. The van der Waals surface area contributed by atoms with E-state index in [4.69, 9.17) is 4.74 Å². The predicted octanol–water partition coefficient (Wildman–Crippen LogP) is 1.56. The second-order valence-corrected chi connectivity index (χ2v) is 4.05. The fourth-order valence-corrected chi connectivity index (χ4v) is 1.84. The molecular formula is C12H17NO2. The molecule has 2 N–H and O–H groups in total. The van der Waals surface area contributed by atoms with Gasteiger partial charge < -0.3 is 15.2 Å². The Morgan fingerprint density at radius 2 is 2.33 bits per heavy atom. The molecule has 2 atom stereocenters. The zero-order chi connectivity index (χ0) is 10.7.